The fourth-order valence-electron chi connectivity index (χ4n) is 1.36. The summed E-state index contributed by atoms with van der Waals surface area (Å²) in [5, 5.41) is 6.73. The molecular weight excluding hydrogens is 582 g/mol. The van der Waals surface area contributed by atoms with Crippen LogP contribution in [0.3, 0.4) is 0 Å². The van der Waals surface area contributed by atoms with E-state index < -0.39 is 0 Å². The summed E-state index contributed by atoms with van der Waals surface area (Å²) in [5.74, 6) is 0. The van der Waals surface area contributed by atoms with Crippen LogP contribution in [0, 0.1) is 21.7 Å². The number of pyridine rings is 2. The monoisotopic (exact) mass is 654 g/mol. The first-order valence-corrected chi connectivity index (χ1v) is 15.7. The Hall–Kier alpha value is -2.95. The van der Waals surface area contributed by atoms with Crippen LogP contribution in [0.4, 0.5) is 0 Å². The van der Waals surface area contributed by atoms with E-state index in [1.165, 1.54) is 0 Å². The van der Waals surface area contributed by atoms with Crippen LogP contribution in [-0.2, 0) is 0 Å². The van der Waals surface area contributed by atoms with Crippen molar-refractivity contribution in [2.45, 2.75) is 111 Å². The molecule has 4 rings (SSSR count). The van der Waals surface area contributed by atoms with E-state index in [-0.39, 0.29) is 33.7 Å². The molecule has 4 heterocycles. The maximum Gasteiger partial charge on any atom is 0.0514 e. The number of aromatic nitrogens is 2. The molecule has 2 aliphatic rings. The van der Waals surface area contributed by atoms with Gasteiger partial charge in [-0.05, 0) is 64.3 Å². The van der Waals surface area contributed by atoms with Gasteiger partial charge >= 0.3 is 0 Å². The second-order valence-corrected chi connectivity index (χ2v) is 16.3. The van der Waals surface area contributed by atoms with Gasteiger partial charge in [-0.1, -0.05) is 141 Å². The van der Waals surface area contributed by atoms with Gasteiger partial charge in [-0.25, -0.2) is 0 Å². The van der Waals surface area contributed by atoms with Crippen molar-refractivity contribution in [2.75, 3.05) is 13.1 Å². The lowest BCUT2D eigenvalue weighted by Gasteiger charge is -2.05. The Kier molecular flexibility index (Phi) is 53.4. The summed E-state index contributed by atoms with van der Waals surface area (Å²) in [6.07, 6.45) is 20.6. The molecule has 0 saturated heterocycles. The fourth-order valence-corrected chi connectivity index (χ4v) is 1.36. The highest BCUT2D eigenvalue weighted by atomic mass is 15.3. The third-order valence-electron chi connectivity index (χ3n) is 2.43. The number of hydrazone groups is 1. The van der Waals surface area contributed by atoms with Gasteiger partial charge in [0.15, 0.2) is 0 Å². The summed E-state index contributed by atoms with van der Waals surface area (Å²) < 4.78 is 0. The molecule has 2 N–H and O–H groups in total. The van der Waals surface area contributed by atoms with Crippen molar-refractivity contribution >= 4 is 39.9 Å². The molecule has 2 aliphatic heterocycles. The molecule has 0 unspecified atom stereocenters. The molecule has 2 aromatic heterocycles. The number of nitrogens with one attached hydrogen (secondary N) is 2. The molecule has 0 atom stereocenters. The molecule has 0 bridgehead atoms. The first-order chi connectivity index (χ1) is 20.0. The zero-order valence-corrected chi connectivity index (χ0v) is 33.9. The van der Waals surface area contributed by atoms with Crippen LogP contribution >= 0.6 is 0 Å². The predicted molar refractivity (Wildman–Crippen MR) is 224 cm³/mol. The lowest BCUT2D eigenvalue weighted by molar-refractivity contribution is 0.469. The highest BCUT2D eigenvalue weighted by Crippen LogP contribution is 2.09. The van der Waals surface area contributed by atoms with Crippen molar-refractivity contribution in [3.05, 3.63) is 97.8 Å². The van der Waals surface area contributed by atoms with Crippen molar-refractivity contribution in [2.24, 2.45) is 26.8 Å². The third kappa shape index (κ3) is 172. The Morgan fingerprint density at radius 1 is 0.417 bits per heavy atom. The average molecular weight is 653 g/mol. The number of rotatable bonds is 0. The van der Waals surface area contributed by atoms with Gasteiger partial charge in [0.1, 0.15) is 0 Å². The first kappa shape index (κ1) is 63.7. The summed E-state index contributed by atoms with van der Waals surface area (Å²) in [6.45, 7) is 36.9. The molecular formula is C39H71B4N5. The summed E-state index contributed by atoms with van der Waals surface area (Å²) in [6, 6.07) is 11.4. The van der Waals surface area contributed by atoms with Gasteiger partial charge in [0.25, 0.3) is 0 Å². The maximum absolute atomic E-state index is 3.78. The minimum absolute atomic E-state index is 0. The Labute approximate surface area is 308 Å². The summed E-state index contributed by atoms with van der Waals surface area (Å²) in [4.78, 5) is 7.57. The van der Waals surface area contributed by atoms with Crippen LogP contribution in [0.2, 0.25) is 0 Å². The zero-order valence-electron chi connectivity index (χ0n) is 33.9. The average Bonchev–Trinajstić information content (AvgIpc) is 2.90. The Bertz CT molecular complexity index is 734. The molecule has 264 valence electrons. The Morgan fingerprint density at radius 2 is 0.729 bits per heavy atom. The van der Waals surface area contributed by atoms with Crippen molar-refractivity contribution in [1.82, 2.24) is 20.7 Å². The smallest absolute Gasteiger partial charge is 0.0514 e. The molecule has 9 heteroatoms. The molecule has 0 aliphatic carbocycles. The van der Waals surface area contributed by atoms with Gasteiger partial charge in [-0.2, -0.15) is 5.10 Å². The number of hydrogen-bond acceptors (Lipinski definition) is 5. The highest BCUT2D eigenvalue weighted by molar-refractivity contribution is 5.76. The van der Waals surface area contributed by atoms with Gasteiger partial charge in [-0.15, -0.1) is 0 Å². The lowest BCUT2D eigenvalue weighted by atomic mass is 10.0. The number of hydrogen-bond donors (Lipinski definition) is 2. The van der Waals surface area contributed by atoms with E-state index >= 15 is 0 Å². The predicted octanol–water partition coefficient (Wildman–Crippen LogP) is 9.64. The van der Waals surface area contributed by atoms with Gasteiger partial charge in [0.2, 0.25) is 0 Å². The van der Waals surface area contributed by atoms with Crippen molar-refractivity contribution in [3.63, 3.8) is 0 Å². The van der Waals surface area contributed by atoms with Crippen LogP contribution < -0.4 is 10.7 Å². The third-order valence-corrected chi connectivity index (χ3v) is 2.43. The molecule has 0 fully saturated rings. The largest absolute Gasteiger partial charge is 0.387 e. The minimum atomic E-state index is 0. The second-order valence-electron chi connectivity index (χ2n) is 16.3. The highest BCUT2D eigenvalue weighted by Gasteiger charge is 1.97. The molecule has 2 aromatic rings. The summed E-state index contributed by atoms with van der Waals surface area (Å²) >= 11 is 0. The minimum Gasteiger partial charge on any atom is -0.387 e. The van der Waals surface area contributed by atoms with E-state index in [2.05, 4.69) is 143 Å². The second kappa shape index (κ2) is 40.2. The van der Waals surface area contributed by atoms with E-state index in [9.17, 15) is 0 Å². The molecule has 0 amide bonds. The van der Waals surface area contributed by atoms with E-state index in [0.717, 1.165) is 13.1 Å². The molecule has 5 nitrogen and oxygen atoms in total. The normalized spacial score (nSPS) is 11.3. The first-order valence-electron chi connectivity index (χ1n) is 15.7. The van der Waals surface area contributed by atoms with Gasteiger partial charge in [0.05, 0.1) is 6.54 Å². The SMILES string of the molecule is C1=CCNC=C1.C1=CCNN=C1.CC(C)(C)C.CC(C)(C)C.CC(C)(C)C.CC(C)(C)C.[B].[B].[B].[B].c1ccncc1.c1ccncc1. The van der Waals surface area contributed by atoms with E-state index in [1.807, 2.05) is 66.9 Å². The quantitative estimate of drug-likeness (QED) is 0.278. The molecule has 0 spiro atoms. The van der Waals surface area contributed by atoms with Crippen LogP contribution in [-0.4, -0.2) is 62.9 Å². The zero-order chi connectivity index (χ0) is 35.0. The molecule has 0 aromatic carbocycles. The Balaban J connectivity index is -0.0000000629. The maximum atomic E-state index is 3.78. The Morgan fingerprint density at radius 3 is 0.792 bits per heavy atom. The van der Waals surface area contributed by atoms with Crippen LogP contribution in [0.25, 0.3) is 0 Å². The molecule has 0 saturated carbocycles. The molecule has 12 radical (unpaired) electrons. The van der Waals surface area contributed by atoms with Crippen LogP contribution in [0.5, 0.6) is 0 Å². The number of nitrogens with zero attached hydrogens (tertiary/aromatic N) is 3. The standard InChI is InChI=1S/C5H7N.2C5H5N.4C5H12.C4H6N2.4B/c3*1-2-4-6-5-3-1;4*1-5(2,3)4;1-2-4-6-5-3-1;;;;/h1-4,6H,5H2;2*1-5H;4*1-4H3;1-3,6H,4H2;;;;. The summed E-state index contributed by atoms with van der Waals surface area (Å²) in [7, 11) is 0. The lowest BCUT2D eigenvalue weighted by Crippen LogP contribution is -2.07. The van der Waals surface area contributed by atoms with Gasteiger partial charge in [-0.3, -0.25) is 9.97 Å². The number of allylic oxidation sites excluding steroid dienone is 3. The van der Waals surface area contributed by atoms with Gasteiger partial charge < -0.3 is 10.7 Å². The van der Waals surface area contributed by atoms with E-state index in [0.29, 0.717) is 21.7 Å². The van der Waals surface area contributed by atoms with Crippen LogP contribution in [0.15, 0.2) is 103 Å². The van der Waals surface area contributed by atoms with Gasteiger partial charge in [0, 0.05) is 71.2 Å². The fraction of sp³-hybridized carbons (Fsp3) is 0.564. The number of dihydropyridines is 1. The topological polar surface area (TPSA) is 62.2 Å². The van der Waals surface area contributed by atoms with Crippen molar-refractivity contribution in [1.29, 1.82) is 0 Å². The van der Waals surface area contributed by atoms with E-state index in [4.69, 9.17) is 0 Å². The molecule has 48 heavy (non-hydrogen) atoms. The van der Waals surface area contributed by atoms with Crippen molar-refractivity contribution in [3.8, 4) is 0 Å². The summed E-state index contributed by atoms with van der Waals surface area (Å²) in [5.41, 5.74) is 4.77. The van der Waals surface area contributed by atoms with Crippen molar-refractivity contribution < 1.29 is 0 Å². The van der Waals surface area contributed by atoms with Crippen LogP contribution in [0.1, 0.15) is 111 Å². The van der Waals surface area contributed by atoms with E-state index in [1.54, 1.807) is 31.0 Å².